The van der Waals surface area contributed by atoms with Crippen LogP contribution < -0.4 is 10.1 Å². The first-order valence-electron chi connectivity index (χ1n) is 9.80. The summed E-state index contributed by atoms with van der Waals surface area (Å²) in [6, 6.07) is 18.6. The molecule has 5 rings (SSSR count). The van der Waals surface area contributed by atoms with Crippen LogP contribution in [-0.2, 0) is 12.8 Å². The van der Waals surface area contributed by atoms with Gasteiger partial charge in [-0.3, -0.25) is 0 Å². The Bertz CT molecular complexity index is 1100. The lowest BCUT2D eigenvalue weighted by molar-refractivity contribution is 0.104. The van der Waals surface area contributed by atoms with Gasteiger partial charge < -0.3 is 19.7 Å². The zero-order valence-corrected chi connectivity index (χ0v) is 17.9. The molecule has 5 nitrogen and oxygen atoms in total. The minimum Gasteiger partial charge on any atom is -0.491 e. The van der Waals surface area contributed by atoms with Crippen molar-refractivity contribution in [3.63, 3.8) is 0 Å². The van der Waals surface area contributed by atoms with Crippen molar-refractivity contribution in [1.82, 2.24) is 10.5 Å². The smallest absolute Gasteiger partial charge is 0.178 e. The summed E-state index contributed by atoms with van der Waals surface area (Å²) in [7, 11) is 0. The van der Waals surface area contributed by atoms with Crippen LogP contribution in [0.15, 0.2) is 64.5 Å². The van der Waals surface area contributed by atoms with E-state index in [1.807, 2.05) is 35.7 Å². The molecule has 7 heteroatoms. The summed E-state index contributed by atoms with van der Waals surface area (Å²) < 4.78 is 12.2. The van der Waals surface area contributed by atoms with Crippen molar-refractivity contribution in [1.29, 1.82) is 0 Å². The van der Waals surface area contributed by atoms with E-state index < -0.39 is 6.10 Å². The average molecular weight is 443 g/mol. The number of thiophene rings is 1. The van der Waals surface area contributed by atoms with E-state index >= 15 is 0 Å². The number of nitrogens with one attached hydrogen (secondary N) is 1. The highest BCUT2D eigenvalue weighted by molar-refractivity contribution is 7.17. The Labute approximate surface area is 185 Å². The number of aliphatic hydroxyl groups excluding tert-OH is 1. The molecule has 2 heterocycles. The van der Waals surface area contributed by atoms with E-state index in [1.165, 1.54) is 11.1 Å². The molecule has 0 saturated heterocycles. The molecule has 2 aromatic carbocycles. The Kier molecular flexibility index (Phi) is 6.39. The molecule has 156 valence electrons. The Morgan fingerprint density at radius 2 is 1.93 bits per heavy atom. The van der Waals surface area contributed by atoms with Gasteiger partial charge in [-0.05, 0) is 47.5 Å². The third-order valence-electron chi connectivity index (χ3n) is 5.32. The van der Waals surface area contributed by atoms with Crippen LogP contribution in [0.4, 0.5) is 0 Å². The van der Waals surface area contributed by atoms with Gasteiger partial charge in [0.1, 0.15) is 28.9 Å². The molecule has 2 N–H and O–H groups in total. The van der Waals surface area contributed by atoms with E-state index in [0.29, 0.717) is 18.3 Å². The van der Waals surface area contributed by atoms with Crippen LogP contribution in [0.3, 0.4) is 0 Å². The van der Waals surface area contributed by atoms with Crippen LogP contribution in [0.25, 0.3) is 21.5 Å². The highest BCUT2D eigenvalue weighted by atomic mass is 35.5. The SMILES string of the molecule is Cl.O[C@H](CNC1Cc2ccccc2C1)COc1cccc(-c2noc3ccsc23)c1. The fourth-order valence-electron chi connectivity index (χ4n) is 3.85. The van der Waals surface area contributed by atoms with Gasteiger partial charge in [-0.2, -0.15) is 0 Å². The van der Waals surface area contributed by atoms with Crippen molar-refractivity contribution in [2.75, 3.05) is 13.2 Å². The molecule has 0 unspecified atom stereocenters. The van der Waals surface area contributed by atoms with Gasteiger partial charge in [-0.15, -0.1) is 23.7 Å². The number of benzene rings is 2. The largest absolute Gasteiger partial charge is 0.491 e. The number of hydrogen-bond acceptors (Lipinski definition) is 6. The fourth-order valence-corrected chi connectivity index (χ4v) is 4.67. The van der Waals surface area contributed by atoms with E-state index in [0.717, 1.165) is 34.4 Å². The molecule has 1 atom stereocenters. The predicted molar refractivity (Wildman–Crippen MR) is 122 cm³/mol. The van der Waals surface area contributed by atoms with Crippen molar-refractivity contribution < 1.29 is 14.4 Å². The zero-order valence-electron chi connectivity index (χ0n) is 16.3. The quantitative estimate of drug-likeness (QED) is 0.442. The van der Waals surface area contributed by atoms with Crippen molar-refractivity contribution >= 4 is 34.0 Å². The molecule has 30 heavy (non-hydrogen) atoms. The fraction of sp³-hybridized carbons (Fsp3) is 0.261. The molecule has 0 saturated carbocycles. The monoisotopic (exact) mass is 442 g/mol. The van der Waals surface area contributed by atoms with Gasteiger partial charge in [-0.1, -0.05) is 41.6 Å². The van der Waals surface area contributed by atoms with E-state index in [4.69, 9.17) is 9.26 Å². The van der Waals surface area contributed by atoms with Gasteiger partial charge in [0.25, 0.3) is 0 Å². The van der Waals surface area contributed by atoms with Gasteiger partial charge in [0.2, 0.25) is 0 Å². The molecule has 0 amide bonds. The van der Waals surface area contributed by atoms with Crippen molar-refractivity contribution in [2.45, 2.75) is 25.0 Å². The third-order valence-corrected chi connectivity index (χ3v) is 6.22. The van der Waals surface area contributed by atoms with Crippen LogP contribution in [-0.4, -0.2) is 35.6 Å². The number of aliphatic hydroxyl groups is 1. The van der Waals surface area contributed by atoms with Crippen molar-refractivity contribution in [3.05, 3.63) is 71.1 Å². The number of nitrogens with zero attached hydrogens (tertiary/aromatic N) is 1. The summed E-state index contributed by atoms with van der Waals surface area (Å²) in [5, 5.41) is 20.0. The molecule has 0 fully saturated rings. The molecule has 0 aliphatic heterocycles. The van der Waals surface area contributed by atoms with Crippen LogP contribution in [0.1, 0.15) is 11.1 Å². The van der Waals surface area contributed by atoms with Crippen LogP contribution in [0.5, 0.6) is 5.75 Å². The summed E-state index contributed by atoms with van der Waals surface area (Å²) in [5.41, 5.74) is 5.37. The maximum absolute atomic E-state index is 10.3. The number of fused-ring (bicyclic) bond motifs is 2. The number of ether oxygens (including phenoxy) is 1. The third kappa shape index (κ3) is 4.37. The van der Waals surface area contributed by atoms with Crippen molar-refractivity contribution in [3.8, 4) is 17.0 Å². The number of hydrogen-bond donors (Lipinski definition) is 2. The molecule has 1 aliphatic rings. The summed E-state index contributed by atoms with van der Waals surface area (Å²) in [4.78, 5) is 0. The van der Waals surface area contributed by atoms with E-state index in [9.17, 15) is 5.11 Å². The summed E-state index contributed by atoms with van der Waals surface area (Å²) in [5.74, 6) is 0.711. The molecule has 0 bridgehead atoms. The molecule has 4 aromatic rings. The van der Waals surface area contributed by atoms with E-state index in [-0.39, 0.29) is 19.0 Å². The Morgan fingerprint density at radius 1 is 1.13 bits per heavy atom. The minimum atomic E-state index is -0.571. The molecule has 1 aliphatic carbocycles. The molecule has 0 spiro atoms. The first-order chi connectivity index (χ1) is 14.3. The van der Waals surface area contributed by atoms with Crippen molar-refractivity contribution in [2.24, 2.45) is 0 Å². The average Bonchev–Trinajstić information content (AvgIpc) is 3.45. The van der Waals surface area contributed by atoms with Gasteiger partial charge in [0.05, 0.1) is 0 Å². The predicted octanol–water partition coefficient (Wildman–Crippen LogP) is 4.47. The minimum absolute atomic E-state index is 0. The van der Waals surface area contributed by atoms with Gasteiger partial charge in [-0.25, -0.2) is 0 Å². The topological polar surface area (TPSA) is 67.5 Å². The maximum atomic E-state index is 10.3. The van der Waals surface area contributed by atoms with Gasteiger partial charge in [0, 0.05) is 18.2 Å². The highest BCUT2D eigenvalue weighted by Gasteiger charge is 2.21. The highest BCUT2D eigenvalue weighted by Crippen LogP contribution is 2.33. The second kappa shape index (κ2) is 9.18. The van der Waals surface area contributed by atoms with Gasteiger partial charge >= 0.3 is 0 Å². The Balaban J connectivity index is 0.00000218. The maximum Gasteiger partial charge on any atom is 0.178 e. The first kappa shape index (κ1) is 20.9. The summed E-state index contributed by atoms with van der Waals surface area (Å²) >= 11 is 1.61. The second-order valence-electron chi connectivity index (χ2n) is 7.42. The molecular formula is C23H23ClN2O3S. The van der Waals surface area contributed by atoms with E-state index in [1.54, 1.807) is 11.3 Å². The molecule has 0 radical (unpaired) electrons. The number of rotatable bonds is 7. The Hall–Kier alpha value is -2.38. The standard InChI is InChI=1S/C23H22N2O3S.ClH/c26-19(13-24-18-10-15-4-1-2-5-16(15)11-18)14-27-20-7-3-6-17(12-20)22-23-21(28-25-22)8-9-29-23;/h1-9,12,18-19,24,26H,10-11,13-14H2;1H/t19-;/m1./s1. The van der Waals surface area contributed by atoms with Crippen LogP contribution in [0.2, 0.25) is 0 Å². The first-order valence-corrected chi connectivity index (χ1v) is 10.7. The van der Waals surface area contributed by atoms with Gasteiger partial charge in [0.15, 0.2) is 5.58 Å². The summed E-state index contributed by atoms with van der Waals surface area (Å²) in [6.45, 7) is 0.751. The number of halogens is 1. The normalized spacial score (nSPS) is 14.4. The number of aromatic nitrogens is 1. The lowest BCUT2D eigenvalue weighted by atomic mass is 10.1. The lowest BCUT2D eigenvalue weighted by Crippen LogP contribution is -2.38. The second-order valence-corrected chi connectivity index (χ2v) is 8.34. The van der Waals surface area contributed by atoms with Crippen LogP contribution in [0, 0.1) is 0 Å². The summed E-state index contributed by atoms with van der Waals surface area (Å²) in [6.07, 6.45) is 1.46. The van der Waals surface area contributed by atoms with E-state index in [2.05, 4.69) is 34.7 Å². The Morgan fingerprint density at radius 3 is 2.73 bits per heavy atom. The molecular weight excluding hydrogens is 420 g/mol. The zero-order chi connectivity index (χ0) is 19.6. The lowest BCUT2D eigenvalue weighted by Gasteiger charge is -2.17. The molecule has 2 aromatic heterocycles. The van der Waals surface area contributed by atoms with Crippen LogP contribution >= 0.6 is 23.7 Å².